The normalized spacial score (nSPS) is 11.3. The maximum atomic E-state index is 3.44. The van der Waals surface area contributed by atoms with Gasteiger partial charge in [0.1, 0.15) is 0 Å². The number of hydrogen-bond acceptors (Lipinski definition) is 1. The van der Waals surface area contributed by atoms with Crippen molar-refractivity contribution in [1.82, 2.24) is 4.90 Å². The van der Waals surface area contributed by atoms with Crippen molar-refractivity contribution in [2.24, 2.45) is 0 Å². The molecule has 0 aromatic carbocycles. The van der Waals surface area contributed by atoms with Gasteiger partial charge in [-0.3, -0.25) is 4.90 Å². The summed E-state index contributed by atoms with van der Waals surface area (Å²) < 4.78 is 0. The summed E-state index contributed by atoms with van der Waals surface area (Å²) in [6, 6.07) is 0.671. The molecule has 0 aromatic heterocycles. The first-order valence-corrected chi connectivity index (χ1v) is 4.64. The second kappa shape index (κ2) is 5.24. The van der Waals surface area contributed by atoms with Crippen molar-refractivity contribution < 1.29 is 0 Å². The molecule has 0 saturated carbocycles. The third-order valence-electron chi connectivity index (χ3n) is 1.39. The van der Waals surface area contributed by atoms with Crippen LogP contribution in [0.3, 0.4) is 0 Å². The molecule has 0 aromatic rings. The van der Waals surface area contributed by atoms with Gasteiger partial charge < -0.3 is 0 Å². The summed E-state index contributed by atoms with van der Waals surface area (Å²) in [5.74, 6) is 0. The Balaban J connectivity index is 3.41. The number of halogens is 1. The molecule has 56 valence electrons. The van der Waals surface area contributed by atoms with Crippen LogP contribution in [-0.4, -0.2) is 22.9 Å². The lowest BCUT2D eigenvalue weighted by atomic mass is 10.3. The molecule has 0 aliphatic heterocycles. The number of nitrogens with zero attached hydrogens (tertiary/aromatic N) is 1. The molecule has 0 atom stereocenters. The fraction of sp³-hybridized carbons (Fsp3) is 1.00. The Hall–Kier alpha value is 0.440. The average molecular weight is 194 g/mol. The topological polar surface area (TPSA) is 3.24 Å². The van der Waals surface area contributed by atoms with Crippen LogP contribution < -0.4 is 0 Å². The van der Waals surface area contributed by atoms with E-state index in [0.29, 0.717) is 6.04 Å². The van der Waals surface area contributed by atoms with Crippen LogP contribution in [-0.2, 0) is 0 Å². The summed E-state index contributed by atoms with van der Waals surface area (Å²) in [6.45, 7) is 7.84. The zero-order valence-corrected chi connectivity index (χ0v) is 8.11. The minimum absolute atomic E-state index is 0.671. The molecule has 0 heterocycles. The quantitative estimate of drug-likeness (QED) is 0.490. The van der Waals surface area contributed by atoms with Gasteiger partial charge in [0.2, 0.25) is 0 Å². The van der Waals surface area contributed by atoms with Crippen molar-refractivity contribution in [2.45, 2.75) is 33.2 Å². The van der Waals surface area contributed by atoms with Gasteiger partial charge in [-0.2, -0.15) is 0 Å². The van der Waals surface area contributed by atoms with E-state index in [1.165, 1.54) is 13.0 Å². The highest BCUT2D eigenvalue weighted by Crippen LogP contribution is 2.01. The zero-order chi connectivity index (χ0) is 7.28. The minimum atomic E-state index is 0.671. The monoisotopic (exact) mass is 193 g/mol. The van der Waals surface area contributed by atoms with Gasteiger partial charge in [-0.25, -0.2) is 0 Å². The highest BCUT2D eigenvalue weighted by molar-refractivity contribution is 9.09. The molecule has 0 radical (unpaired) electrons. The van der Waals surface area contributed by atoms with E-state index in [4.69, 9.17) is 0 Å². The van der Waals surface area contributed by atoms with E-state index in [-0.39, 0.29) is 0 Å². The Morgan fingerprint density at radius 3 is 2.11 bits per heavy atom. The van der Waals surface area contributed by atoms with Crippen LogP contribution in [0.15, 0.2) is 0 Å². The Kier molecular flexibility index (Phi) is 5.50. The molecule has 0 aliphatic rings. The zero-order valence-electron chi connectivity index (χ0n) is 6.52. The first-order chi connectivity index (χ1) is 4.22. The molecule has 0 saturated heterocycles. The summed E-state index contributed by atoms with van der Waals surface area (Å²) in [5.41, 5.74) is 0.999. The summed E-state index contributed by atoms with van der Waals surface area (Å²) in [4.78, 5) is 2.39. The Bertz CT molecular complexity index is 63.9. The number of alkyl halides is 1. The van der Waals surface area contributed by atoms with Crippen molar-refractivity contribution in [3.63, 3.8) is 0 Å². The Morgan fingerprint density at radius 1 is 1.44 bits per heavy atom. The molecule has 2 heteroatoms. The van der Waals surface area contributed by atoms with E-state index in [2.05, 4.69) is 41.6 Å². The van der Waals surface area contributed by atoms with Crippen LogP contribution in [0.1, 0.15) is 27.2 Å². The van der Waals surface area contributed by atoms with Gasteiger partial charge in [0, 0.05) is 6.04 Å². The minimum Gasteiger partial charge on any atom is -0.291 e. The highest BCUT2D eigenvalue weighted by Gasteiger charge is 2.03. The van der Waals surface area contributed by atoms with E-state index >= 15 is 0 Å². The predicted octanol–water partition coefficient (Wildman–Crippen LogP) is 2.46. The third-order valence-corrected chi connectivity index (χ3v) is 2.04. The van der Waals surface area contributed by atoms with Crippen molar-refractivity contribution in [1.29, 1.82) is 0 Å². The number of hydrogen-bond donors (Lipinski definition) is 0. The van der Waals surface area contributed by atoms with Crippen molar-refractivity contribution in [3.05, 3.63) is 0 Å². The van der Waals surface area contributed by atoms with Gasteiger partial charge in [0.05, 0.1) is 5.45 Å². The molecule has 0 bridgehead atoms. The van der Waals surface area contributed by atoms with E-state index in [1.807, 2.05) is 0 Å². The van der Waals surface area contributed by atoms with E-state index in [0.717, 1.165) is 5.45 Å². The van der Waals surface area contributed by atoms with E-state index in [1.54, 1.807) is 0 Å². The number of rotatable bonds is 4. The maximum absolute atomic E-state index is 3.44. The van der Waals surface area contributed by atoms with Crippen LogP contribution in [0.2, 0.25) is 0 Å². The predicted molar refractivity (Wildman–Crippen MR) is 45.9 cm³/mol. The molecular weight excluding hydrogens is 178 g/mol. The van der Waals surface area contributed by atoms with Gasteiger partial charge >= 0.3 is 0 Å². The summed E-state index contributed by atoms with van der Waals surface area (Å²) in [7, 11) is 0. The van der Waals surface area contributed by atoms with Gasteiger partial charge in [-0.05, 0) is 26.8 Å². The van der Waals surface area contributed by atoms with Crippen LogP contribution >= 0.6 is 15.9 Å². The summed E-state index contributed by atoms with van der Waals surface area (Å²) in [5, 5.41) is 0. The second-order valence-electron chi connectivity index (χ2n) is 2.53. The molecular formula is C7H16BrN. The van der Waals surface area contributed by atoms with E-state index in [9.17, 15) is 0 Å². The average Bonchev–Trinajstić information content (AvgIpc) is 1.82. The van der Waals surface area contributed by atoms with Gasteiger partial charge in [-0.15, -0.1) is 0 Å². The molecule has 1 nitrogen and oxygen atoms in total. The SMILES string of the molecule is CCCN(CBr)C(C)C. The molecule has 0 spiro atoms. The largest absolute Gasteiger partial charge is 0.291 e. The molecule has 0 fully saturated rings. The first kappa shape index (κ1) is 9.44. The molecule has 0 rings (SSSR count). The van der Waals surface area contributed by atoms with Crippen molar-refractivity contribution in [3.8, 4) is 0 Å². The lowest BCUT2D eigenvalue weighted by Crippen LogP contribution is -2.29. The molecule has 9 heavy (non-hydrogen) atoms. The molecule has 0 aliphatic carbocycles. The fourth-order valence-electron chi connectivity index (χ4n) is 0.743. The van der Waals surface area contributed by atoms with Crippen LogP contribution in [0, 0.1) is 0 Å². The van der Waals surface area contributed by atoms with E-state index < -0.39 is 0 Å². The van der Waals surface area contributed by atoms with Crippen molar-refractivity contribution >= 4 is 15.9 Å². The molecule has 0 N–H and O–H groups in total. The molecule has 0 unspecified atom stereocenters. The lowest BCUT2D eigenvalue weighted by Gasteiger charge is -2.22. The highest BCUT2D eigenvalue weighted by atomic mass is 79.9. The molecule has 0 amide bonds. The smallest absolute Gasteiger partial charge is 0.0544 e. The van der Waals surface area contributed by atoms with Gasteiger partial charge in [0.25, 0.3) is 0 Å². The van der Waals surface area contributed by atoms with Gasteiger partial charge in [-0.1, -0.05) is 22.9 Å². The first-order valence-electron chi connectivity index (χ1n) is 3.52. The van der Waals surface area contributed by atoms with Crippen LogP contribution in [0.25, 0.3) is 0 Å². The summed E-state index contributed by atoms with van der Waals surface area (Å²) >= 11 is 3.44. The van der Waals surface area contributed by atoms with Crippen LogP contribution in [0.5, 0.6) is 0 Å². The van der Waals surface area contributed by atoms with Gasteiger partial charge in [0.15, 0.2) is 0 Å². The standard InChI is InChI=1S/C7H16BrN/c1-4-5-9(6-8)7(2)3/h7H,4-6H2,1-3H3. The Labute approximate surface area is 66.6 Å². The fourth-order valence-corrected chi connectivity index (χ4v) is 1.57. The van der Waals surface area contributed by atoms with Crippen molar-refractivity contribution in [2.75, 3.05) is 12.0 Å². The second-order valence-corrected chi connectivity index (χ2v) is 3.03. The maximum Gasteiger partial charge on any atom is 0.0544 e. The lowest BCUT2D eigenvalue weighted by molar-refractivity contribution is 0.265. The third kappa shape index (κ3) is 3.93. The van der Waals surface area contributed by atoms with Crippen LogP contribution in [0.4, 0.5) is 0 Å². The summed E-state index contributed by atoms with van der Waals surface area (Å²) in [6.07, 6.45) is 1.24. The Morgan fingerprint density at radius 2 is 2.00 bits per heavy atom.